The molecule has 3 rings (SSSR count). The number of benzene rings is 1. The van der Waals surface area contributed by atoms with Gasteiger partial charge in [-0.15, -0.1) is 0 Å². The molecule has 1 saturated carbocycles. The van der Waals surface area contributed by atoms with Crippen molar-refractivity contribution in [3.05, 3.63) is 21.8 Å². The number of halogens is 1. The average molecular weight is 356 g/mol. The fraction of sp³-hybridized carbons (Fsp3) is 0.500. The average Bonchev–Trinajstić information content (AvgIpc) is 2.58. The van der Waals surface area contributed by atoms with E-state index in [2.05, 4.69) is 45.4 Å². The summed E-state index contributed by atoms with van der Waals surface area (Å²) < 4.78 is 1.14. The molecule has 96 valence electrons. The Hall–Kier alpha value is -0.780. The molecular formula is C14H17IN2O. The first kappa shape index (κ1) is 12.3. The molecule has 3 nitrogen and oxygen atoms in total. The Morgan fingerprint density at radius 1 is 1.06 bits per heavy atom. The van der Waals surface area contributed by atoms with E-state index >= 15 is 0 Å². The van der Waals surface area contributed by atoms with Crippen molar-refractivity contribution in [2.75, 3.05) is 10.6 Å². The zero-order valence-electron chi connectivity index (χ0n) is 10.3. The third-order valence-corrected chi connectivity index (χ3v) is 4.67. The van der Waals surface area contributed by atoms with Crippen LogP contribution in [-0.4, -0.2) is 11.4 Å². The van der Waals surface area contributed by atoms with Gasteiger partial charge in [0.25, 0.3) is 0 Å². The molecule has 4 heteroatoms. The molecule has 18 heavy (non-hydrogen) atoms. The number of hydrogen-bond acceptors (Lipinski definition) is 2. The molecule has 1 fully saturated rings. The number of nitrogens with one attached hydrogen (secondary N) is 2. The van der Waals surface area contributed by atoms with E-state index in [4.69, 9.17) is 0 Å². The Labute approximate surface area is 121 Å². The molecule has 1 aromatic rings. The van der Waals surface area contributed by atoms with Crippen molar-refractivity contribution in [2.45, 2.75) is 44.1 Å². The highest BCUT2D eigenvalue weighted by atomic mass is 127. The Bertz CT molecular complexity index is 479. The second kappa shape index (κ2) is 4.72. The van der Waals surface area contributed by atoms with E-state index in [0.717, 1.165) is 40.6 Å². The highest BCUT2D eigenvalue weighted by Gasteiger charge is 2.41. The molecule has 0 bridgehead atoms. The van der Waals surface area contributed by atoms with Gasteiger partial charge in [-0.25, -0.2) is 0 Å². The van der Waals surface area contributed by atoms with Gasteiger partial charge in [-0.05, 0) is 53.6 Å². The predicted molar refractivity (Wildman–Crippen MR) is 81.8 cm³/mol. The van der Waals surface area contributed by atoms with E-state index in [1.165, 1.54) is 12.8 Å². The lowest BCUT2D eigenvalue weighted by atomic mass is 9.87. The molecule has 2 N–H and O–H groups in total. The summed E-state index contributed by atoms with van der Waals surface area (Å²) in [7, 11) is 0. The number of anilines is 2. The molecule has 0 aromatic heterocycles. The lowest BCUT2D eigenvalue weighted by Gasteiger charge is -2.38. The van der Waals surface area contributed by atoms with E-state index in [1.54, 1.807) is 0 Å². The summed E-state index contributed by atoms with van der Waals surface area (Å²) >= 11 is 2.27. The maximum atomic E-state index is 12.4. The Morgan fingerprint density at radius 3 is 2.50 bits per heavy atom. The highest BCUT2D eigenvalue weighted by Crippen LogP contribution is 2.38. The SMILES string of the molecule is O=C1Nc2cc(I)ccc2NC12CCCCCC2. The van der Waals surface area contributed by atoms with Gasteiger partial charge < -0.3 is 10.6 Å². The molecule has 1 heterocycles. The standard InChI is InChI=1S/C14H17IN2O/c15-10-5-6-11-12(9-10)16-13(18)14(17-11)7-3-1-2-4-8-14/h5-6,9,17H,1-4,7-8H2,(H,16,18). The largest absolute Gasteiger partial charge is 0.370 e. The number of amides is 1. The van der Waals surface area contributed by atoms with Crippen molar-refractivity contribution in [2.24, 2.45) is 0 Å². The third kappa shape index (κ3) is 2.11. The van der Waals surface area contributed by atoms with Gasteiger partial charge in [-0.3, -0.25) is 4.79 Å². The van der Waals surface area contributed by atoms with Crippen LogP contribution in [0, 0.1) is 3.57 Å². The smallest absolute Gasteiger partial charge is 0.250 e. The summed E-state index contributed by atoms with van der Waals surface area (Å²) in [6, 6.07) is 6.17. The monoisotopic (exact) mass is 356 g/mol. The number of carbonyl (C=O) groups is 1. The topological polar surface area (TPSA) is 41.1 Å². The minimum Gasteiger partial charge on any atom is -0.370 e. The van der Waals surface area contributed by atoms with Crippen molar-refractivity contribution >= 4 is 39.9 Å². The van der Waals surface area contributed by atoms with E-state index in [9.17, 15) is 4.79 Å². The Kier molecular flexibility index (Phi) is 3.21. The van der Waals surface area contributed by atoms with Crippen LogP contribution < -0.4 is 10.6 Å². The van der Waals surface area contributed by atoms with Gasteiger partial charge in [0.2, 0.25) is 5.91 Å². The predicted octanol–water partition coefficient (Wildman–Crippen LogP) is 3.75. The number of hydrogen-bond donors (Lipinski definition) is 2. The second-order valence-electron chi connectivity index (χ2n) is 5.27. The van der Waals surface area contributed by atoms with Gasteiger partial charge >= 0.3 is 0 Å². The van der Waals surface area contributed by atoms with Gasteiger partial charge in [-0.1, -0.05) is 25.7 Å². The van der Waals surface area contributed by atoms with Crippen LogP contribution in [-0.2, 0) is 4.79 Å². The quantitative estimate of drug-likeness (QED) is 0.696. The maximum Gasteiger partial charge on any atom is 0.250 e. The van der Waals surface area contributed by atoms with Crippen LogP contribution in [0.15, 0.2) is 18.2 Å². The van der Waals surface area contributed by atoms with Crippen molar-refractivity contribution in [1.29, 1.82) is 0 Å². The number of rotatable bonds is 0. The van der Waals surface area contributed by atoms with Crippen LogP contribution in [0.3, 0.4) is 0 Å². The molecule has 1 aromatic carbocycles. The van der Waals surface area contributed by atoms with E-state index in [0.29, 0.717) is 0 Å². The Morgan fingerprint density at radius 2 is 1.78 bits per heavy atom. The van der Waals surface area contributed by atoms with Gasteiger partial charge in [0, 0.05) is 3.57 Å². The fourth-order valence-electron chi connectivity index (χ4n) is 2.97. The zero-order valence-corrected chi connectivity index (χ0v) is 12.4. The van der Waals surface area contributed by atoms with Gasteiger partial charge in [-0.2, -0.15) is 0 Å². The minimum atomic E-state index is -0.365. The third-order valence-electron chi connectivity index (χ3n) is 4.00. The van der Waals surface area contributed by atoms with E-state index < -0.39 is 0 Å². The van der Waals surface area contributed by atoms with E-state index in [1.807, 2.05) is 6.07 Å². The first-order valence-corrected chi connectivity index (χ1v) is 7.67. The zero-order chi connectivity index (χ0) is 12.6. The van der Waals surface area contributed by atoms with Crippen LogP contribution in [0.1, 0.15) is 38.5 Å². The molecule has 1 spiro atoms. The second-order valence-corrected chi connectivity index (χ2v) is 6.51. The number of carbonyl (C=O) groups excluding carboxylic acids is 1. The van der Waals surface area contributed by atoms with Crippen molar-refractivity contribution < 1.29 is 4.79 Å². The lowest BCUT2D eigenvalue weighted by molar-refractivity contribution is -0.121. The highest BCUT2D eigenvalue weighted by molar-refractivity contribution is 14.1. The lowest BCUT2D eigenvalue weighted by Crippen LogP contribution is -2.52. The van der Waals surface area contributed by atoms with Gasteiger partial charge in [0.1, 0.15) is 5.54 Å². The molecule has 0 radical (unpaired) electrons. The first-order valence-electron chi connectivity index (χ1n) is 6.59. The summed E-state index contributed by atoms with van der Waals surface area (Å²) in [6.07, 6.45) is 6.67. The first-order chi connectivity index (χ1) is 8.70. The van der Waals surface area contributed by atoms with Crippen molar-refractivity contribution in [1.82, 2.24) is 0 Å². The van der Waals surface area contributed by atoms with Crippen LogP contribution in [0.5, 0.6) is 0 Å². The summed E-state index contributed by atoms with van der Waals surface area (Å²) in [5.41, 5.74) is 1.62. The van der Waals surface area contributed by atoms with Gasteiger partial charge in [0.15, 0.2) is 0 Å². The Balaban J connectivity index is 1.95. The summed E-state index contributed by atoms with van der Waals surface area (Å²) in [6.45, 7) is 0. The minimum absolute atomic E-state index is 0.152. The molecule has 0 atom stereocenters. The molecule has 1 amide bonds. The molecule has 0 saturated heterocycles. The van der Waals surface area contributed by atoms with Crippen LogP contribution in [0.25, 0.3) is 0 Å². The van der Waals surface area contributed by atoms with E-state index in [-0.39, 0.29) is 11.4 Å². The fourth-order valence-corrected chi connectivity index (χ4v) is 3.46. The van der Waals surface area contributed by atoms with Crippen LogP contribution in [0.4, 0.5) is 11.4 Å². The summed E-state index contributed by atoms with van der Waals surface area (Å²) in [4.78, 5) is 12.4. The van der Waals surface area contributed by atoms with Crippen molar-refractivity contribution in [3.63, 3.8) is 0 Å². The molecule has 2 aliphatic rings. The molecular weight excluding hydrogens is 339 g/mol. The summed E-state index contributed by atoms with van der Waals surface area (Å²) in [5, 5.41) is 6.60. The molecule has 1 aliphatic carbocycles. The summed E-state index contributed by atoms with van der Waals surface area (Å²) in [5.74, 6) is 0.152. The molecule has 0 unspecified atom stereocenters. The normalized spacial score (nSPS) is 21.7. The molecule has 1 aliphatic heterocycles. The maximum absolute atomic E-state index is 12.4. The van der Waals surface area contributed by atoms with Gasteiger partial charge in [0.05, 0.1) is 11.4 Å². The number of fused-ring (bicyclic) bond motifs is 1. The van der Waals surface area contributed by atoms with Crippen molar-refractivity contribution in [3.8, 4) is 0 Å². The van der Waals surface area contributed by atoms with Crippen LogP contribution in [0.2, 0.25) is 0 Å². The van der Waals surface area contributed by atoms with Crippen LogP contribution >= 0.6 is 22.6 Å².